The molecule has 2 aliphatic heterocycles. The van der Waals surface area contributed by atoms with Crippen molar-refractivity contribution in [3.05, 3.63) is 18.0 Å². The van der Waals surface area contributed by atoms with Crippen molar-refractivity contribution in [2.75, 3.05) is 32.8 Å². The molecule has 1 aromatic rings. The Morgan fingerprint density at radius 2 is 2.04 bits per heavy atom. The molecule has 0 radical (unpaired) electrons. The molecule has 0 unspecified atom stereocenters. The fraction of sp³-hybridized carbons (Fsp3) is 0.688. The van der Waals surface area contributed by atoms with Crippen LogP contribution in [0.25, 0.3) is 0 Å². The lowest BCUT2D eigenvalue weighted by atomic mass is 10.1. The van der Waals surface area contributed by atoms with Crippen molar-refractivity contribution in [1.29, 1.82) is 0 Å². The first-order valence-electron chi connectivity index (χ1n) is 8.34. The van der Waals surface area contributed by atoms with Crippen molar-refractivity contribution in [1.82, 2.24) is 19.6 Å². The van der Waals surface area contributed by atoms with Crippen molar-refractivity contribution >= 4 is 11.8 Å². The Balaban J connectivity index is 1.70. The molecule has 126 valence electrons. The van der Waals surface area contributed by atoms with Crippen LogP contribution in [0.1, 0.15) is 37.9 Å². The largest absolute Gasteiger partial charge is 0.378 e. The number of amides is 2. The van der Waals surface area contributed by atoms with Crippen molar-refractivity contribution in [2.24, 2.45) is 0 Å². The predicted octanol–water partition coefficient (Wildman–Crippen LogP) is 0.815. The first-order valence-corrected chi connectivity index (χ1v) is 8.34. The Bertz CT molecular complexity index is 565. The second-order valence-electron chi connectivity index (χ2n) is 6.14. The third-order valence-electron chi connectivity index (χ3n) is 4.47. The smallest absolute Gasteiger partial charge is 0.224 e. The van der Waals surface area contributed by atoms with Gasteiger partial charge in [0.2, 0.25) is 11.8 Å². The molecular formula is C16H24N4O3. The molecule has 1 fully saturated rings. The quantitative estimate of drug-likeness (QED) is 0.823. The molecule has 0 aromatic carbocycles. The van der Waals surface area contributed by atoms with Crippen LogP contribution in [0.5, 0.6) is 0 Å². The van der Waals surface area contributed by atoms with Gasteiger partial charge in [-0.15, -0.1) is 0 Å². The topological polar surface area (TPSA) is 67.7 Å². The molecule has 1 saturated heterocycles. The van der Waals surface area contributed by atoms with Crippen LogP contribution in [0.4, 0.5) is 0 Å². The lowest BCUT2D eigenvalue weighted by molar-refractivity contribution is -0.139. The Labute approximate surface area is 136 Å². The van der Waals surface area contributed by atoms with Gasteiger partial charge in [-0.2, -0.15) is 5.10 Å². The summed E-state index contributed by atoms with van der Waals surface area (Å²) in [6, 6.07) is 1.85. The number of hydrogen-bond acceptors (Lipinski definition) is 4. The molecule has 0 N–H and O–H groups in total. The molecule has 0 aliphatic carbocycles. The first-order chi connectivity index (χ1) is 11.2. The molecule has 3 heterocycles. The van der Waals surface area contributed by atoms with E-state index in [1.807, 2.05) is 27.5 Å². The van der Waals surface area contributed by atoms with Gasteiger partial charge in [0.15, 0.2) is 0 Å². The molecular weight excluding hydrogens is 296 g/mol. The minimum atomic E-state index is -0.0788. The van der Waals surface area contributed by atoms with E-state index >= 15 is 0 Å². The molecule has 0 bridgehead atoms. The third kappa shape index (κ3) is 3.55. The Kier molecular flexibility index (Phi) is 4.95. The zero-order valence-electron chi connectivity index (χ0n) is 13.6. The number of nitrogens with zero attached hydrogens (tertiary/aromatic N) is 4. The van der Waals surface area contributed by atoms with Gasteiger partial charge in [-0.25, -0.2) is 0 Å². The molecule has 7 nitrogen and oxygen atoms in total. The summed E-state index contributed by atoms with van der Waals surface area (Å²) < 4.78 is 7.21. The van der Waals surface area contributed by atoms with Crippen LogP contribution < -0.4 is 0 Å². The molecule has 2 aliphatic rings. The van der Waals surface area contributed by atoms with Crippen LogP contribution in [0.15, 0.2) is 12.3 Å². The summed E-state index contributed by atoms with van der Waals surface area (Å²) in [6.45, 7) is 5.65. The van der Waals surface area contributed by atoms with Crippen molar-refractivity contribution in [3.63, 3.8) is 0 Å². The van der Waals surface area contributed by atoms with Crippen molar-refractivity contribution in [3.8, 4) is 0 Å². The van der Waals surface area contributed by atoms with E-state index in [0.717, 1.165) is 12.1 Å². The van der Waals surface area contributed by atoms with Gasteiger partial charge in [0.1, 0.15) is 0 Å². The summed E-state index contributed by atoms with van der Waals surface area (Å²) in [5.74, 6) is 0.272. The molecule has 0 spiro atoms. The lowest BCUT2D eigenvalue weighted by Gasteiger charge is -2.35. The van der Waals surface area contributed by atoms with Gasteiger partial charge < -0.3 is 14.5 Å². The second-order valence-corrected chi connectivity index (χ2v) is 6.14. The highest BCUT2D eigenvalue weighted by Crippen LogP contribution is 2.24. The van der Waals surface area contributed by atoms with E-state index in [-0.39, 0.29) is 17.9 Å². The summed E-state index contributed by atoms with van der Waals surface area (Å²) in [6.07, 6.45) is 3.52. The van der Waals surface area contributed by atoms with Crippen LogP contribution in [-0.4, -0.2) is 64.2 Å². The number of carbonyl (C=O) groups excluding carboxylic acids is 2. The van der Waals surface area contributed by atoms with Crippen LogP contribution in [0.2, 0.25) is 0 Å². The van der Waals surface area contributed by atoms with E-state index in [1.54, 1.807) is 6.20 Å². The number of hydrogen-bond donors (Lipinski definition) is 0. The van der Waals surface area contributed by atoms with Gasteiger partial charge in [-0.3, -0.25) is 14.3 Å². The predicted molar refractivity (Wildman–Crippen MR) is 83.6 cm³/mol. The minimum absolute atomic E-state index is 0.0788. The van der Waals surface area contributed by atoms with Gasteiger partial charge in [0.25, 0.3) is 0 Å². The highest BCUT2D eigenvalue weighted by molar-refractivity contribution is 5.78. The number of fused-ring (bicyclic) bond motifs is 1. The Hall–Kier alpha value is -1.89. The van der Waals surface area contributed by atoms with Crippen molar-refractivity contribution < 1.29 is 14.3 Å². The standard InChI is InChI=1S/C16H24N4O3/c1-2-3-15(21)19-11-13-4-5-17-20(13)14(12-19)10-16(22)18-6-8-23-9-7-18/h4-5,14H,2-3,6-12H2,1H3/t14-/m1/s1. The van der Waals surface area contributed by atoms with E-state index < -0.39 is 0 Å². The lowest BCUT2D eigenvalue weighted by Crippen LogP contribution is -2.45. The Morgan fingerprint density at radius 1 is 1.26 bits per heavy atom. The third-order valence-corrected chi connectivity index (χ3v) is 4.47. The van der Waals surface area contributed by atoms with E-state index in [1.165, 1.54) is 0 Å². The van der Waals surface area contributed by atoms with Gasteiger partial charge in [0, 0.05) is 32.3 Å². The molecule has 1 aromatic heterocycles. The fourth-order valence-corrected chi connectivity index (χ4v) is 3.24. The van der Waals surface area contributed by atoms with E-state index in [0.29, 0.717) is 52.2 Å². The van der Waals surface area contributed by atoms with Gasteiger partial charge in [-0.05, 0) is 12.5 Å². The number of ether oxygens (including phenoxy) is 1. The Morgan fingerprint density at radius 3 is 2.78 bits per heavy atom. The normalized spacial score (nSPS) is 21.2. The number of aromatic nitrogens is 2. The minimum Gasteiger partial charge on any atom is -0.378 e. The van der Waals surface area contributed by atoms with E-state index in [2.05, 4.69) is 5.10 Å². The first kappa shape index (κ1) is 16.0. The van der Waals surface area contributed by atoms with Crippen LogP contribution >= 0.6 is 0 Å². The van der Waals surface area contributed by atoms with Gasteiger partial charge >= 0.3 is 0 Å². The molecule has 23 heavy (non-hydrogen) atoms. The van der Waals surface area contributed by atoms with E-state index in [4.69, 9.17) is 4.74 Å². The fourth-order valence-electron chi connectivity index (χ4n) is 3.24. The molecule has 1 atom stereocenters. The summed E-state index contributed by atoms with van der Waals surface area (Å²) in [7, 11) is 0. The van der Waals surface area contributed by atoms with E-state index in [9.17, 15) is 9.59 Å². The second kappa shape index (κ2) is 7.12. The maximum Gasteiger partial charge on any atom is 0.224 e. The summed E-state index contributed by atoms with van der Waals surface area (Å²) in [5, 5.41) is 4.36. The molecule has 3 rings (SSSR count). The van der Waals surface area contributed by atoms with Gasteiger partial charge in [-0.1, -0.05) is 6.92 Å². The van der Waals surface area contributed by atoms with Gasteiger partial charge in [0.05, 0.1) is 37.9 Å². The van der Waals surface area contributed by atoms with Crippen LogP contribution in [0.3, 0.4) is 0 Å². The maximum absolute atomic E-state index is 12.5. The SMILES string of the molecule is CCCC(=O)N1Cc2ccnn2[C@H](CC(=O)N2CCOCC2)C1. The van der Waals surface area contributed by atoms with Crippen molar-refractivity contribution in [2.45, 2.75) is 38.8 Å². The average molecular weight is 320 g/mol. The number of morpholine rings is 1. The molecule has 7 heteroatoms. The van der Waals surface area contributed by atoms with Crippen LogP contribution in [-0.2, 0) is 20.9 Å². The molecule has 2 amide bonds. The summed E-state index contributed by atoms with van der Waals surface area (Å²) >= 11 is 0. The zero-order chi connectivity index (χ0) is 16.2. The highest BCUT2D eigenvalue weighted by Gasteiger charge is 2.31. The molecule has 0 saturated carbocycles. The monoisotopic (exact) mass is 320 g/mol. The number of carbonyl (C=O) groups is 2. The van der Waals surface area contributed by atoms with Crippen LogP contribution in [0, 0.1) is 0 Å². The highest BCUT2D eigenvalue weighted by atomic mass is 16.5. The number of rotatable bonds is 4. The average Bonchev–Trinajstić information content (AvgIpc) is 3.04. The summed E-state index contributed by atoms with van der Waals surface area (Å²) in [5.41, 5.74) is 1.00. The zero-order valence-corrected chi connectivity index (χ0v) is 13.6. The maximum atomic E-state index is 12.5. The summed E-state index contributed by atoms with van der Waals surface area (Å²) in [4.78, 5) is 28.5.